The van der Waals surface area contributed by atoms with Crippen LogP contribution in [0.2, 0.25) is 0 Å². The Bertz CT molecular complexity index is 716. The lowest BCUT2D eigenvalue weighted by Crippen LogP contribution is -2.26. The maximum absolute atomic E-state index is 13.8. The molecule has 1 aliphatic carbocycles. The maximum atomic E-state index is 13.8. The van der Waals surface area contributed by atoms with Gasteiger partial charge in [-0.2, -0.15) is 0 Å². The van der Waals surface area contributed by atoms with E-state index >= 15 is 0 Å². The Morgan fingerprint density at radius 1 is 1.17 bits per heavy atom. The van der Waals surface area contributed by atoms with Crippen molar-refractivity contribution in [2.75, 3.05) is 0 Å². The summed E-state index contributed by atoms with van der Waals surface area (Å²) < 4.78 is 27.6. The van der Waals surface area contributed by atoms with Gasteiger partial charge in [-0.05, 0) is 25.0 Å². The van der Waals surface area contributed by atoms with Crippen molar-refractivity contribution >= 4 is 28.3 Å². The lowest BCUT2D eigenvalue weighted by atomic mass is 10.0. The minimum absolute atomic E-state index is 0.0910. The van der Waals surface area contributed by atoms with E-state index in [2.05, 4.69) is 4.99 Å². The van der Waals surface area contributed by atoms with Crippen LogP contribution in [-0.4, -0.2) is 21.8 Å². The average Bonchev–Trinajstić information content (AvgIpc) is 2.56. The third-order valence-electron chi connectivity index (χ3n) is 4.25. The molecule has 1 saturated carbocycles. The quantitative estimate of drug-likeness (QED) is 0.877. The number of carbonyl (C=O) groups is 1. The first-order valence-corrected chi connectivity index (χ1v) is 8.94. The van der Waals surface area contributed by atoms with Crippen molar-refractivity contribution < 1.29 is 13.6 Å². The third-order valence-corrected chi connectivity index (χ3v) is 5.58. The number of hydrogen-bond acceptors (Lipinski definition) is 4. The second kappa shape index (κ2) is 7.38. The lowest BCUT2D eigenvalue weighted by Gasteiger charge is -2.22. The van der Waals surface area contributed by atoms with E-state index < -0.39 is 17.4 Å². The summed E-state index contributed by atoms with van der Waals surface area (Å²) in [7, 11) is 0. The van der Waals surface area contributed by atoms with Crippen molar-refractivity contribution in [3.05, 3.63) is 47.2 Å². The summed E-state index contributed by atoms with van der Waals surface area (Å²) in [5, 5.41) is 8.66. The van der Waals surface area contributed by atoms with Crippen LogP contribution in [0.4, 0.5) is 8.78 Å². The molecule has 2 aliphatic rings. The minimum atomic E-state index is -0.652. The van der Waals surface area contributed by atoms with E-state index in [1.165, 1.54) is 42.5 Å². The van der Waals surface area contributed by atoms with Crippen LogP contribution in [0.25, 0.3) is 0 Å². The third kappa shape index (κ3) is 3.80. The zero-order valence-electron chi connectivity index (χ0n) is 13.1. The van der Waals surface area contributed by atoms with Crippen molar-refractivity contribution in [2.24, 2.45) is 4.99 Å². The highest BCUT2D eigenvalue weighted by Crippen LogP contribution is 2.31. The number of thioether (sulfide) groups is 1. The van der Waals surface area contributed by atoms with Gasteiger partial charge in [-0.25, -0.2) is 13.8 Å². The number of allylic oxidation sites excluding steroid dienone is 2. The Labute approximate surface area is 143 Å². The molecule has 1 aromatic rings. The molecule has 3 nitrogen and oxygen atoms in total. The summed E-state index contributed by atoms with van der Waals surface area (Å²) in [6.07, 6.45) is 6.73. The lowest BCUT2D eigenvalue weighted by molar-refractivity contribution is -0.108. The van der Waals surface area contributed by atoms with E-state index in [4.69, 9.17) is 5.41 Å². The molecule has 1 N–H and O–H groups in total. The Morgan fingerprint density at radius 3 is 2.50 bits per heavy atom. The first-order valence-electron chi connectivity index (χ1n) is 8.06. The molecule has 0 bridgehead atoms. The van der Waals surface area contributed by atoms with Crippen molar-refractivity contribution in [2.45, 2.75) is 43.8 Å². The van der Waals surface area contributed by atoms with Gasteiger partial charge in [0.1, 0.15) is 22.4 Å². The standard InChI is InChI=1S/C18H18F2N2OS/c19-14-7-4-8-15(20)13(14)9-11-10-16(23)17(21)18(22-11)24-12-5-2-1-3-6-12/h4,7-8,10,12,21H,1-3,5-6,9H2. The first kappa shape index (κ1) is 17.0. The molecule has 1 aliphatic heterocycles. The average molecular weight is 348 g/mol. The van der Waals surface area contributed by atoms with Gasteiger partial charge in [-0.1, -0.05) is 25.3 Å². The molecule has 24 heavy (non-hydrogen) atoms. The predicted octanol–water partition coefficient (Wildman–Crippen LogP) is 4.46. The van der Waals surface area contributed by atoms with Gasteiger partial charge in [-0.3, -0.25) is 10.2 Å². The molecule has 0 radical (unpaired) electrons. The molecule has 0 saturated heterocycles. The number of aliphatic imine (C=N–C) groups is 1. The van der Waals surface area contributed by atoms with Gasteiger partial charge >= 0.3 is 0 Å². The number of nitrogens with one attached hydrogen (secondary N) is 1. The van der Waals surface area contributed by atoms with Crippen LogP contribution in [0.1, 0.15) is 37.7 Å². The molecule has 6 heteroatoms. The van der Waals surface area contributed by atoms with Crippen LogP contribution in [-0.2, 0) is 11.2 Å². The van der Waals surface area contributed by atoms with E-state index in [1.54, 1.807) is 0 Å². The normalized spacial score (nSPS) is 19.2. The van der Waals surface area contributed by atoms with Crippen LogP contribution in [0.3, 0.4) is 0 Å². The fraction of sp³-hybridized carbons (Fsp3) is 0.389. The second-order valence-corrected chi connectivity index (χ2v) is 7.34. The fourth-order valence-electron chi connectivity index (χ4n) is 2.95. The van der Waals surface area contributed by atoms with Crippen molar-refractivity contribution in [1.29, 1.82) is 5.41 Å². The van der Waals surface area contributed by atoms with Crippen molar-refractivity contribution in [3.8, 4) is 0 Å². The molecule has 1 heterocycles. The minimum Gasteiger partial charge on any atom is -0.295 e. The Morgan fingerprint density at radius 2 is 1.83 bits per heavy atom. The number of ketones is 1. The molecule has 0 atom stereocenters. The van der Waals surface area contributed by atoms with Crippen LogP contribution in [0, 0.1) is 17.0 Å². The summed E-state index contributed by atoms with van der Waals surface area (Å²) in [6.45, 7) is 0. The fourth-order valence-corrected chi connectivity index (χ4v) is 4.22. The van der Waals surface area contributed by atoms with Crippen molar-refractivity contribution in [1.82, 2.24) is 0 Å². The van der Waals surface area contributed by atoms with Crippen LogP contribution >= 0.6 is 11.8 Å². The molecule has 0 unspecified atom stereocenters. The summed E-state index contributed by atoms with van der Waals surface area (Å²) in [5.41, 5.74) is 0.0809. The molecular weight excluding hydrogens is 330 g/mol. The SMILES string of the molecule is N=C1C(=O)C=C(Cc2c(F)cccc2F)N=C1SC1CCCCC1. The summed E-state index contributed by atoms with van der Waals surface area (Å²) in [4.78, 5) is 16.4. The van der Waals surface area contributed by atoms with Crippen LogP contribution in [0.5, 0.6) is 0 Å². The van der Waals surface area contributed by atoms with Gasteiger partial charge in [0.25, 0.3) is 0 Å². The highest BCUT2D eigenvalue weighted by molar-refractivity contribution is 8.16. The monoisotopic (exact) mass is 348 g/mol. The second-order valence-electron chi connectivity index (χ2n) is 6.05. The van der Waals surface area contributed by atoms with E-state index in [-0.39, 0.29) is 17.7 Å². The number of carbonyl (C=O) groups excluding carboxylic acids is 1. The highest BCUT2D eigenvalue weighted by Gasteiger charge is 2.26. The largest absolute Gasteiger partial charge is 0.295 e. The smallest absolute Gasteiger partial charge is 0.208 e. The highest BCUT2D eigenvalue weighted by atomic mass is 32.2. The predicted molar refractivity (Wildman–Crippen MR) is 92.8 cm³/mol. The topological polar surface area (TPSA) is 53.3 Å². The van der Waals surface area contributed by atoms with Gasteiger partial charge < -0.3 is 0 Å². The number of halogens is 2. The molecular formula is C18H18F2N2OS. The van der Waals surface area contributed by atoms with E-state index in [0.717, 1.165) is 25.7 Å². The maximum Gasteiger partial charge on any atom is 0.208 e. The summed E-state index contributed by atoms with van der Waals surface area (Å²) in [6, 6.07) is 3.68. The Hall–Kier alpha value is -1.82. The number of rotatable bonds is 3. The van der Waals surface area contributed by atoms with E-state index in [1.807, 2.05) is 0 Å². The molecule has 0 spiro atoms. The number of hydrogen-bond donors (Lipinski definition) is 1. The van der Waals surface area contributed by atoms with E-state index in [0.29, 0.717) is 16.0 Å². The Kier molecular flexibility index (Phi) is 5.23. The van der Waals surface area contributed by atoms with E-state index in [9.17, 15) is 13.6 Å². The zero-order chi connectivity index (χ0) is 17.1. The number of benzene rings is 1. The Balaban J connectivity index is 1.81. The van der Waals surface area contributed by atoms with Gasteiger partial charge in [-0.15, -0.1) is 11.8 Å². The number of nitrogens with zero attached hydrogens (tertiary/aromatic N) is 1. The first-order chi connectivity index (χ1) is 11.5. The van der Waals surface area contributed by atoms with Crippen LogP contribution < -0.4 is 0 Å². The van der Waals surface area contributed by atoms with Gasteiger partial charge in [0, 0.05) is 23.3 Å². The molecule has 1 aromatic carbocycles. The van der Waals surface area contributed by atoms with Crippen LogP contribution in [0.15, 0.2) is 35.0 Å². The summed E-state index contributed by atoms with van der Waals surface area (Å²) >= 11 is 1.45. The van der Waals surface area contributed by atoms with Gasteiger partial charge in [0.15, 0.2) is 0 Å². The molecule has 126 valence electrons. The molecule has 0 amide bonds. The zero-order valence-corrected chi connectivity index (χ0v) is 14.0. The molecule has 1 fully saturated rings. The van der Waals surface area contributed by atoms with Crippen molar-refractivity contribution in [3.63, 3.8) is 0 Å². The van der Waals surface area contributed by atoms with Gasteiger partial charge in [0.05, 0.1) is 5.70 Å². The molecule has 0 aromatic heterocycles. The van der Waals surface area contributed by atoms with Gasteiger partial charge in [0.2, 0.25) is 5.78 Å². The molecule has 3 rings (SSSR count). The summed E-state index contributed by atoms with van der Waals surface area (Å²) in [5.74, 6) is -1.75.